The number of piperidine rings is 1. The second kappa shape index (κ2) is 8.14. The first-order chi connectivity index (χ1) is 16.3. The summed E-state index contributed by atoms with van der Waals surface area (Å²) in [6, 6.07) is 0. The van der Waals surface area contributed by atoms with Gasteiger partial charge in [0.2, 0.25) is 0 Å². The van der Waals surface area contributed by atoms with Crippen molar-refractivity contribution in [2.24, 2.45) is 21.9 Å². The zero-order valence-corrected chi connectivity index (χ0v) is 22.4. The fraction of sp³-hybridized carbons (Fsp3) is 0.783. The Balaban J connectivity index is 1.15. The van der Waals surface area contributed by atoms with Crippen molar-refractivity contribution in [3.63, 3.8) is 0 Å². The molecular weight excluding hydrogens is 551 g/mol. The van der Waals surface area contributed by atoms with E-state index in [0.29, 0.717) is 32.3 Å². The first-order valence-corrected chi connectivity index (χ1v) is 14.3. The number of carbonyl (C=O) groups excluding carboxylic acids is 1. The molecule has 2 bridgehead atoms. The molecule has 5 unspecified atom stereocenters. The molecule has 6 rings (SSSR count). The SMILES string of the molecule is CC1=C(N2CC3C=NN(C)C3(C)C2)NCN=C1OC1C2CO[I-]C1CN(C(=O)OC1(C)CC1)C2. The number of nitrogens with one attached hydrogen (secondary N) is 1. The second-order valence-electron chi connectivity index (χ2n) is 10.9. The molecule has 188 valence electrons. The van der Waals surface area contributed by atoms with Gasteiger partial charge in [0.25, 0.3) is 0 Å². The van der Waals surface area contributed by atoms with Gasteiger partial charge in [-0.25, -0.2) is 0 Å². The van der Waals surface area contributed by atoms with E-state index in [1.165, 1.54) is 0 Å². The van der Waals surface area contributed by atoms with Crippen LogP contribution in [0.5, 0.6) is 0 Å². The number of likely N-dealkylation sites (N-methyl/N-ethyl adjacent to an activating group) is 1. The summed E-state index contributed by atoms with van der Waals surface area (Å²) in [4.78, 5) is 21.7. The van der Waals surface area contributed by atoms with Gasteiger partial charge in [-0.1, -0.05) is 0 Å². The molecule has 11 heteroatoms. The Morgan fingerprint density at radius 3 is 2.85 bits per heavy atom. The average Bonchev–Trinajstić information content (AvgIpc) is 3.31. The van der Waals surface area contributed by atoms with E-state index in [9.17, 15) is 4.79 Å². The van der Waals surface area contributed by atoms with Crippen LogP contribution in [0.1, 0.15) is 33.6 Å². The van der Waals surface area contributed by atoms with Gasteiger partial charge in [-0.15, -0.1) is 0 Å². The van der Waals surface area contributed by atoms with Crippen molar-refractivity contribution in [1.29, 1.82) is 0 Å². The molecule has 1 aliphatic carbocycles. The van der Waals surface area contributed by atoms with E-state index >= 15 is 0 Å². The summed E-state index contributed by atoms with van der Waals surface area (Å²) < 4.78 is 18.5. The van der Waals surface area contributed by atoms with E-state index in [4.69, 9.17) is 17.5 Å². The van der Waals surface area contributed by atoms with E-state index in [1.807, 2.05) is 11.8 Å². The maximum absolute atomic E-state index is 12.7. The number of ether oxygens (including phenoxy) is 2. The van der Waals surface area contributed by atoms with E-state index in [0.717, 1.165) is 43.2 Å². The normalized spacial score (nSPS) is 38.1. The van der Waals surface area contributed by atoms with Gasteiger partial charge in [0.1, 0.15) is 0 Å². The summed E-state index contributed by atoms with van der Waals surface area (Å²) in [6.45, 7) is 10.6. The maximum atomic E-state index is 12.7. The number of likely N-dealkylation sites (tertiary alicyclic amines) is 2. The van der Waals surface area contributed by atoms with E-state index in [-0.39, 0.29) is 33.2 Å². The van der Waals surface area contributed by atoms with Crippen molar-refractivity contribution >= 4 is 18.2 Å². The van der Waals surface area contributed by atoms with Gasteiger partial charge in [0.05, 0.1) is 0 Å². The molecule has 1 saturated carbocycles. The number of carbonyl (C=O) groups is 1. The number of hydrazone groups is 1. The van der Waals surface area contributed by atoms with Gasteiger partial charge in [0.15, 0.2) is 0 Å². The minimum atomic E-state index is -0.513. The summed E-state index contributed by atoms with van der Waals surface area (Å²) in [5, 5.41) is 10.1. The Morgan fingerprint density at radius 2 is 2.12 bits per heavy atom. The summed E-state index contributed by atoms with van der Waals surface area (Å²) in [6.07, 6.45) is 3.85. The number of hydrogen-bond donors (Lipinski definition) is 1. The van der Waals surface area contributed by atoms with Crippen molar-refractivity contribution in [1.82, 2.24) is 20.1 Å². The molecule has 0 aromatic heterocycles. The summed E-state index contributed by atoms with van der Waals surface area (Å²) in [7, 11) is 2.06. The molecular formula is C23H34IN6O4-. The van der Waals surface area contributed by atoms with E-state index in [1.54, 1.807) is 0 Å². The summed E-state index contributed by atoms with van der Waals surface area (Å²) >= 11 is -0.513. The third-order valence-corrected chi connectivity index (χ3v) is 10.7. The van der Waals surface area contributed by atoms with Crippen LogP contribution < -0.4 is 26.9 Å². The Hall–Kier alpha value is -1.76. The van der Waals surface area contributed by atoms with Crippen LogP contribution in [0.3, 0.4) is 0 Å². The molecule has 0 spiro atoms. The number of alkyl halides is 1. The van der Waals surface area contributed by atoms with Gasteiger partial charge < -0.3 is 0 Å². The molecule has 10 nitrogen and oxygen atoms in total. The molecule has 34 heavy (non-hydrogen) atoms. The van der Waals surface area contributed by atoms with Crippen molar-refractivity contribution in [2.75, 3.05) is 46.5 Å². The third-order valence-electron chi connectivity index (χ3n) is 8.27. The molecule has 4 fully saturated rings. The van der Waals surface area contributed by atoms with Gasteiger partial charge in [-0.05, 0) is 0 Å². The van der Waals surface area contributed by atoms with Gasteiger partial charge in [-0.3, -0.25) is 0 Å². The van der Waals surface area contributed by atoms with Crippen LogP contribution in [0.4, 0.5) is 4.79 Å². The zero-order chi connectivity index (χ0) is 23.7. The second-order valence-corrected chi connectivity index (χ2v) is 13.6. The van der Waals surface area contributed by atoms with Gasteiger partial charge in [-0.2, -0.15) is 0 Å². The molecule has 0 aromatic rings. The number of hydrogen-bond acceptors (Lipinski definition) is 9. The molecule has 1 amide bonds. The fourth-order valence-corrected chi connectivity index (χ4v) is 8.34. The molecule has 6 aliphatic rings. The quantitative estimate of drug-likeness (QED) is 0.309. The molecule has 0 aromatic carbocycles. The van der Waals surface area contributed by atoms with E-state index in [2.05, 4.69) is 47.4 Å². The number of fused-ring (bicyclic) bond motifs is 3. The molecule has 1 N–H and O–H groups in total. The van der Waals surface area contributed by atoms with Crippen LogP contribution in [0.25, 0.3) is 0 Å². The fourth-order valence-electron chi connectivity index (χ4n) is 5.55. The summed E-state index contributed by atoms with van der Waals surface area (Å²) in [5.74, 6) is 2.38. The first kappa shape index (κ1) is 22.7. The van der Waals surface area contributed by atoms with Gasteiger partial charge in [0, 0.05) is 0 Å². The number of rotatable bonds is 3. The topological polar surface area (TPSA) is 91.2 Å². The van der Waals surface area contributed by atoms with Crippen LogP contribution in [0.2, 0.25) is 0 Å². The predicted molar refractivity (Wildman–Crippen MR) is 122 cm³/mol. The van der Waals surface area contributed by atoms with Gasteiger partial charge >= 0.3 is 212 Å². The molecule has 5 heterocycles. The minimum absolute atomic E-state index is 0.0162. The molecule has 3 saturated heterocycles. The van der Waals surface area contributed by atoms with Crippen LogP contribution in [0, 0.1) is 11.8 Å². The Kier molecular flexibility index (Phi) is 5.43. The van der Waals surface area contributed by atoms with Crippen LogP contribution in [-0.4, -0.2) is 101 Å². The Bertz CT molecular complexity index is 953. The van der Waals surface area contributed by atoms with Crippen molar-refractivity contribution in [3.8, 4) is 0 Å². The number of nitrogens with zero attached hydrogens (tertiary/aromatic N) is 5. The van der Waals surface area contributed by atoms with Crippen molar-refractivity contribution < 1.29 is 39.0 Å². The van der Waals surface area contributed by atoms with Crippen LogP contribution >= 0.6 is 0 Å². The predicted octanol–water partition coefficient (Wildman–Crippen LogP) is -1.79. The number of aliphatic imine (C=N–C) groups is 1. The van der Waals surface area contributed by atoms with Crippen LogP contribution in [0.15, 0.2) is 21.5 Å². The zero-order valence-electron chi connectivity index (χ0n) is 20.3. The third kappa shape index (κ3) is 3.82. The molecule has 5 atom stereocenters. The van der Waals surface area contributed by atoms with E-state index < -0.39 is 21.6 Å². The number of amides is 1. The summed E-state index contributed by atoms with van der Waals surface area (Å²) in [5.41, 5.74) is 0.816. The van der Waals surface area contributed by atoms with Crippen LogP contribution in [-0.2, 0) is 12.5 Å². The van der Waals surface area contributed by atoms with Crippen molar-refractivity contribution in [3.05, 3.63) is 11.4 Å². The Morgan fingerprint density at radius 1 is 1.29 bits per heavy atom. The Labute approximate surface area is 211 Å². The standard InChI is InChI=1S/C23H34IN6O4/c1-14-19(30-9-16-7-27-28(4)23(16,3)12-30)25-13-26-20(14)33-18-15-8-29(10-17(18)24-32-11-15)21(31)34-22(2)5-6-22/h7,15-18,25H,5-6,8-13H2,1-4H3/q-1. The van der Waals surface area contributed by atoms with Crippen molar-refractivity contribution in [2.45, 2.75) is 54.8 Å². The average molecular weight is 585 g/mol. The monoisotopic (exact) mass is 585 g/mol. The number of halogens is 1. The molecule has 0 radical (unpaired) electrons. The first-order valence-electron chi connectivity index (χ1n) is 12.2. The molecule has 5 aliphatic heterocycles.